The Kier molecular flexibility index (Phi) is 2.97. The number of allylic oxidation sites excluding steroid dienone is 1. The second-order valence-electron chi connectivity index (χ2n) is 3.75. The van der Waals surface area contributed by atoms with Crippen molar-refractivity contribution in [2.45, 2.75) is 40.7 Å². The molecule has 0 radical (unpaired) electrons. The van der Waals surface area contributed by atoms with Gasteiger partial charge in [-0.1, -0.05) is 19.1 Å². The molecule has 0 saturated heterocycles. The third kappa shape index (κ3) is 2.03. The molecule has 1 nitrogen and oxygen atoms in total. The van der Waals surface area contributed by atoms with E-state index in [2.05, 4.69) is 45.0 Å². The molecule has 0 bridgehead atoms. The molecule has 0 aromatic carbocycles. The van der Waals surface area contributed by atoms with Crippen LogP contribution < -0.4 is 0 Å². The summed E-state index contributed by atoms with van der Waals surface area (Å²) in [4.78, 5) is 0. The van der Waals surface area contributed by atoms with Crippen LogP contribution in [0.2, 0.25) is 0 Å². The van der Waals surface area contributed by atoms with Crippen LogP contribution in [0.25, 0.3) is 0 Å². The zero-order valence-corrected chi connectivity index (χ0v) is 9.15. The number of aryl methyl sites for hydroxylation is 1. The molecule has 72 valence electrons. The summed E-state index contributed by atoms with van der Waals surface area (Å²) >= 11 is 0. The number of hydrogen-bond acceptors (Lipinski definition) is 0. The first-order valence-corrected chi connectivity index (χ1v) is 4.85. The zero-order chi connectivity index (χ0) is 10.0. The van der Waals surface area contributed by atoms with Crippen LogP contribution in [0.1, 0.15) is 30.2 Å². The minimum absolute atomic E-state index is 0.969. The summed E-state index contributed by atoms with van der Waals surface area (Å²) in [5.74, 6) is 0. The van der Waals surface area contributed by atoms with Gasteiger partial charge in [-0.25, -0.2) is 0 Å². The average molecular weight is 177 g/mol. The number of nitrogens with zero attached hydrogens (tertiary/aromatic N) is 1. The van der Waals surface area contributed by atoms with Gasteiger partial charge in [0.25, 0.3) is 0 Å². The van der Waals surface area contributed by atoms with Gasteiger partial charge in [0.1, 0.15) is 0 Å². The summed E-state index contributed by atoms with van der Waals surface area (Å²) < 4.78 is 2.29. The second kappa shape index (κ2) is 3.82. The molecule has 0 aliphatic heterocycles. The van der Waals surface area contributed by atoms with Crippen molar-refractivity contribution in [1.29, 1.82) is 0 Å². The SMILES string of the molecule is C=C(CC)Cn1cc(C)c(C)c1C. The Bertz CT molecular complexity index is 318. The van der Waals surface area contributed by atoms with Gasteiger partial charge in [0.05, 0.1) is 0 Å². The number of rotatable bonds is 3. The minimum atomic E-state index is 0.969. The molecule has 0 aliphatic rings. The third-order valence-corrected chi connectivity index (χ3v) is 2.81. The highest BCUT2D eigenvalue weighted by Crippen LogP contribution is 2.16. The van der Waals surface area contributed by atoms with E-state index in [1.165, 1.54) is 22.4 Å². The summed E-state index contributed by atoms with van der Waals surface area (Å²) in [6.45, 7) is 13.7. The molecule has 1 heterocycles. The molecular formula is C12H19N. The van der Waals surface area contributed by atoms with Gasteiger partial charge in [0.15, 0.2) is 0 Å². The van der Waals surface area contributed by atoms with Crippen LogP contribution >= 0.6 is 0 Å². The molecule has 0 saturated carbocycles. The Hall–Kier alpha value is -0.980. The lowest BCUT2D eigenvalue weighted by molar-refractivity contribution is 0.739. The molecule has 1 aromatic rings. The van der Waals surface area contributed by atoms with Crippen LogP contribution in [-0.4, -0.2) is 4.57 Å². The highest BCUT2D eigenvalue weighted by Gasteiger charge is 2.04. The van der Waals surface area contributed by atoms with Gasteiger partial charge < -0.3 is 4.57 Å². The Morgan fingerprint density at radius 1 is 1.38 bits per heavy atom. The zero-order valence-electron chi connectivity index (χ0n) is 9.15. The monoisotopic (exact) mass is 177 g/mol. The smallest absolute Gasteiger partial charge is 0.0429 e. The van der Waals surface area contributed by atoms with E-state index in [1.54, 1.807) is 0 Å². The first kappa shape index (κ1) is 10.1. The van der Waals surface area contributed by atoms with Gasteiger partial charge in [-0.05, 0) is 38.3 Å². The van der Waals surface area contributed by atoms with Crippen molar-refractivity contribution < 1.29 is 0 Å². The first-order valence-electron chi connectivity index (χ1n) is 4.85. The molecule has 0 N–H and O–H groups in total. The highest BCUT2D eigenvalue weighted by molar-refractivity contribution is 5.29. The molecule has 0 unspecified atom stereocenters. The molecule has 0 amide bonds. The van der Waals surface area contributed by atoms with Crippen molar-refractivity contribution in [2.24, 2.45) is 0 Å². The Labute approximate surface area is 81.1 Å². The van der Waals surface area contributed by atoms with Gasteiger partial charge in [-0.15, -0.1) is 0 Å². The summed E-state index contributed by atoms with van der Waals surface area (Å²) in [5.41, 5.74) is 5.44. The fourth-order valence-corrected chi connectivity index (χ4v) is 1.45. The first-order chi connectivity index (χ1) is 6.06. The second-order valence-corrected chi connectivity index (χ2v) is 3.75. The molecule has 0 aliphatic carbocycles. The predicted octanol–water partition coefficient (Wildman–Crippen LogP) is 3.38. The lowest BCUT2D eigenvalue weighted by Gasteiger charge is -2.07. The van der Waals surface area contributed by atoms with Gasteiger partial charge in [-0.2, -0.15) is 0 Å². The average Bonchev–Trinajstić information content (AvgIpc) is 2.34. The van der Waals surface area contributed by atoms with Crippen molar-refractivity contribution in [3.05, 3.63) is 35.2 Å². The summed E-state index contributed by atoms with van der Waals surface area (Å²) in [6.07, 6.45) is 3.28. The van der Waals surface area contributed by atoms with Gasteiger partial charge in [0.2, 0.25) is 0 Å². The molecule has 1 heteroatoms. The summed E-state index contributed by atoms with van der Waals surface area (Å²) in [5, 5.41) is 0. The van der Waals surface area contributed by atoms with E-state index in [4.69, 9.17) is 0 Å². The molecule has 0 atom stereocenters. The lowest BCUT2D eigenvalue weighted by Crippen LogP contribution is -2.00. The van der Waals surface area contributed by atoms with Crippen molar-refractivity contribution in [3.63, 3.8) is 0 Å². The quantitative estimate of drug-likeness (QED) is 0.624. The standard InChI is InChI=1S/C12H19N/c1-6-9(2)7-13-8-10(3)11(4)12(13)5/h8H,2,6-7H2,1,3-5H3. The van der Waals surface area contributed by atoms with E-state index < -0.39 is 0 Å². The number of hydrogen-bond donors (Lipinski definition) is 0. The summed E-state index contributed by atoms with van der Waals surface area (Å²) in [6, 6.07) is 0. The van der Waals surface area contributed by atoms with Crippen LogP contribution in [0, 0.1) is 20.8 Å². The Balaban J connectivity index is 2.90. The maximum atomic E-state index is 4.03. The number of aromatic nitrogens is 1. The lowest BCUT2D eigenvalue weighted by atomic mass is 10.2. The predicted molar refractivity (Wildman–Crippen MR) is 58.1 cm³/mol. The van der Waals surface area contributed by atoms with Gasteiger partial charge >= 0.3 is 0 Å². The van der Waals surface area contributed by atoms with Crippen LogP contribution in [0.3, 0.4) is 0 Å². The summed E-state index contributed by atoms with van der Waals surface area (Å²) in [7, 11) is 0. The van der Waals surface area contributed by atoms with Crippen molar-refractivity contribution in [3.8, 4) is 0 Å². The largest absolute Gasteiger partial charge is 0.347 e. The van der Waals surface area contributed by atoms with Crippen LogP contribution in [0.4, 0.5) is 0 Å². The van der Waals surface area contributed by atoms with Gasteiger partial charge in [-0.3, -0.25) is 0 Å². The fourth-order valence-electron chi connectivity index (χ4n) is 1.45. The van der Waals surface area contributed by atoms with Crippen molar-refractivity contribution in [2.75, 3.05) is 0 Å². The van der Waals surface area contributed by atoms with E-state index in [9.17, 15) is 0 Å². The van der Waals surface area contributed by atoms with E-state index in [-0.39, 0.29) is 0 Å². The van der Waals surface area contributed by atoms with E-state index in [1.807, 2.05) is 0 Å². The molecule has 1 aromatic heterocycles. The maximum Gasteiger partial charge on any atom is 0.0429 e. The van der Waals surface area contributed by atoms with Gasteiger partial charge in [0, 0.05) is 18.4 Å². The fraction of sp³-hybridized carbons (Fsp3) is 0.500. The maximum absolute atomic E-state index is 4.03. The van der Waals surface area contributed by atoms with Crippen LogP contribution in [0.5, 0.6) is 0 Å². The van der Waals surface area contributed by atoms with E-state index >= 15 is 0 Å². The van der Waals surface area contributed by atoms with Crippen molar-refractivity contribution >= 4 is 0 Å². The topological polar surface area (TPSA) is 4.93 Å². The minimum Gasteiger partial charge on any atom is -0.347 e. The third-order valence-electron chi connectivity index (χ3n) is 2.81. The normalized spacial score (nSPS) is 10.5. The Morgan fingerprint density at radius 2 is 2.00 bits per heavy atom. The Morgan fingerprint density at radius 3 is 2.38 bits per heavy atom. The van der Waals surface area contributed by atoms with Crippen molar-refractivity contribution in [1.82, 2.24) is 4.57 Å². The van der Waals surface area contributed by atoms with E-state index in [0.717, 1.165) is 13.0 Å². The van der Waals surface area contributed by atoms with Crippen LogP contribution in [0.15, 0.2) is 18.3 Å². The van der Waals surface area contributed by atoms with E-state index in [0.29, 0.717) is 0 Å². The molecule has 0 spiro atoms. The molecule has 1 rings (SSSR count). The van der Waals surface area contributed by atoms with Crippen LogP contribution in [-0.2, 0) is 6.54 Å². The molecule has 0 fully saturated rings. The molecule has 13 heavy (non-hydrogen) atoms. The molecular weight excluding hydrogens is 158 g/mol. The highest BCUT2D eigenvalue weighted by atomic mass is 15.0.